The second-order valence-electron chi connectivity index (χ2n) is 5.33. The van der Waals surface area contributed by atoms with E-state index in [2.05, 4.69) is 15.2 Å². The predicted molar refractivity (Wildman–Crippen MR) is 91.7 cm³/mol. The molecule has 11 heteroatoms. The van der Waals surface area contributed by atoms with Crippen LogP contribution in [0.4, 0.5) is 4.39 Å². The summed E-state index contributed by atoms with van der Waals surface area (Å²) in [6.07, 6.45) is 0. The molecule has 0 saturated heterocycles. The first kappa shape index (κ1) is 17.5. The van der Waals surface area contributed by atoms with Crippen LogP contribution in [0.5, 0.6) is 0 Å². The Kier molecular flexibility index (Phi) is 4.38. The normalized spacial score (nSPS) is 10.7. The van der Waals surface area contributed by atoms with Crippen molar-refractivity contribution in [1.29, 1.82) is 0 Å². The largest absolute Gasteiger partial charge is 0.337 e. The lowest BCUT2D eigenvalue weighted by Gasteiger charge is -2.08. The van der Waals surface area contributed by atoms with Crippen LogP contribution in [-0.2, 0) is 11.8 Å². The standard InChI is InChI=1S/C15H12FN5O4S/c1-7(22)17-18-14(24)13-9-5-8(3-4-10(9)26-19-13)21-12(23)6-11(16)20(2)15(21)25/h3-6H,1-2H3,(H,17,22)(H,18,24). The topological polar surface area (TPSA) is 115 Å². The summed E-state index contributed by atoms with van der Waals surface area (Å²) >= 11 is 1.04. The smallest absolute Gasteiger partial charge is 0.274 e. The Balaban J connectivity index is 2.14. The summed E-state index contributed by atoms with van der Waals surface area (Å²) in [6, 6.07) is 5.22. The molecule has 3 aromatic rings. The van der Waals surface area contributed by atoms with Gasteiger partial charge in [0.05, 0.1) is 16.5 Å². The number of carbonyl (C=O) groups excluding carboxylic acids is 2. The van der Waals surface area contributed by atoms with Crippen LogP contribution >= 0.6 is 11.5 Å². The van der Waals surface area contributed by atoms with Gasteiger partial charge in [0.2, 0.25) is 11.9 Å². The maximum absolute atomic E-state index is 13.5. The van der Waals surface area contributed by atoms with Crippen LogP contribution in [0.25, 0.3) is 15.8 Å². The lowest BCUT2D eigenvalue weighted by Crippen LogP contribution is -2.40. The fraction of sp³-hybridized carbons (Fsp3) is 0.133. The molecular weight excluding hydrogens is 365 g/mol. The van der Waals surface area contributed by atoms with E-state index in [1.54, 1.807) is 6.07 Å². The number of carbonyl (C=O) groups is 2. The van der Waals surface area contributed by atoms with E-state index in [0.29, 0.717) is 20.7 Å². The first-order chi connectivity index (χ1) is 12.3. The molecule has 0 saturated carbocycles. The van der Waals surface area contributed by atoms with Crippen molar-refractivity contribution in [1.82, 2.24) is 24.4 Å². The number of hydrogen-bond donors (Lipinski definition) is 2. The molecule has 0 fully saturated rings. The zero-order valence-corrected chi connectivity index (χ0v) is 14.4. The van der Waals surface area contributed by atoms with Crippen molar-refractivity contribution in [3.05, 3.63) is 56.7 Å². The van der Waals surface area contributed by atoms with Crippen LogP contribution in [0.1, 0.15) is 17.4 Å². The van der Waals surface area contributed by atoms with E-state index in [1.165, 1.54) is 26.1 Å². The second kappa shape index (κ2) is 6.52. The summed E-state index contributed by atoms with van der Waals surface area (Å²) in [7, 11) is 1.20. The van der Waals surface area contributed by atoms with Crippen molar-refractivity contribution < 1.29 is 14.0 Å². The van der Waals surface area contributed by atoms with E-state index in [1.807, 2.05) is 0 Å². The first-order valence-electron chi connectivity index (χ1n) is 7.25. The van der Waals surface area contributed by atoms with Crippen molar-refractivity contribution in [3.8, 4) is 5.69 Å². The third-order valence-corrected chi connectivity index (χ3v) is 4.37. The van der Waals surface area contributed by atoms with E-state index in [9.17, 15) is 23.6 Å². The fourth-order valence-corrected chi connectivity index (χ4v) is 3.02. The van der Waals surface area contributed by atoms with E-state index in [-0.39, 0.29) is 11.4 Å². The molecule has 0 radical (unpaired) electrons. The molecule has 2 amide bonds. The summed E-state index contributed by atoms with van der Waals surface area (Å²) in [5, 5.41) is 0.383. The number of benzene rings is 1. The minimum absolute atomic E-state index is 0.0209. The van der Waals surface area contributed by atoms with Crippen LogP contribution in [0, 0.1) is 5.95 Å². The number of nitrogens with zero attached hydrogens (tertiary/aromatic N) is 3. The number of hydrogen-bond acceptors (Lipinski definition) is 6. The molecule has 0 atom stereocenters. The van der Waals surface area contributed by atoms with Crippen LogP contribution in [0.2, 0.25) is 0 Å². The number of rotatable bonds is 2. The highest BCUT2D eigenvalue weighted by Gasteiger charge is 2.17. The Morgan fingerprint density at radius 2 is 1.92 bits per heavy atom. The molecule has 0 aliphatic carbocycles. The molecule has 2 N–H and O–H groups in total. The minimum atomic E-state index is -0.954. The minimum Gasteiger partial charge on any atom is -0.274 e. The number of halogens is 1. The predicted octanol–water partition coefficient (Wildman–Crippen LogP) is 0.0659. The Bertz CT molecular complexity index is 1160. The van der Waals surface area contributed by atoms with E-state index in [0.717, 1.165) is 16.1 Å². The molecule has 3 rings (SSSR count). The maximum Gasteiger partial charge on any atom is 0.337 e. The lowest BCUT2D eigenvalue weighted by molar-refractivity contribution is -0.119. The quantitative estimate of drug-likeness (QED) is 0.484. The van der Waals surface area contributed by atoms with Gasteiger partial charge in [0.1, 0.15) is 0 Å². The van der Waals surface area contributed by atoms with Gasteiger partial charge in [-0.25, -0.2) is 9.36 Å². The van der Waals surface area contributed by atoms with Gasteiger partial charge in [0, 0.05) is 19.4 Å². The highest BCUT2D eigenvalue weighted by molar-refractivity contribution is 7.13. The summed E-state index contributed by atoms with van der Waals surface area (Å²) in [6.45, 7) is 1.23. The van der Waals surface area contributed by atoms with E-state index in [4.69, 9.17) is 0 Å². The summed E-state index contributed by atoms with van der Waals surface area (Å²) < 4.78 is 19.7. The first-order valence-corrected chi connectivity index (χ1v) is 8.02. The van der Waals surface area contributed by atoms with Crippen molar-refractivity contribution in [2.75, 3.05) is 0 Å². The maximum atomic E-state index is 13.5. The average molecular weight is 377 g/mol. The van der Waals surface area contributed by atoms with Crippen LogP contribution in [0.15, 0.2) is 33.9 Å². The van der Waals surface area contributed by atoms with Crippen molar-refractivity contribution >= 4 is 33.4 Å². The molecule has 0 bridgehead atoms. The Morgan fingerprint density at radius 3 is 2.62 bits per heavy atom. The highest BCUT2D eigenvalue weighted by atomic mass is 32.1. The van der Waals surface area contributed by atoms with Gasteiger partial charge in [-0.2, -0.15) is 8.76 Å². The number of hydrazine groups is 1. The molecule has 2 aromatic heterocycles. The van der Waals surface area contributed by atoms with Gasteiger partial charge in [-0.15, -0.1) is 0 Å². The lowest BCUT2D eigenvalue weighted by atomic mass is 10.2. The highest BCUT2D eigenvalue weighted by Crippen LogP contribution is 2.24. The number of nitrogens with one attached hydrogen (secondary N) is 2. The van der Waals surface area contributed by atoms with Gasteiger partial charge < -0.3 is 0 Å². The third-order valence-electron chi connectivity index (χ3n) is 3.54. The monoisotopic (exact) mass is 377 g/mol. The Labute approximate surface area is 148 Å². The number of amides is 2. The molecular formula is C15H12FN5O4S. The van der Waals surface area contributed by atoms with Gasteiger partial charge in [0.25, 0.3) is 11.5 Å². The van der Waals surface area contributed by atoms with Crippen molar-refractivity contribution in [3.63, 3.8) is 0 Å². The molecule has 1 aromatic carbocycles. The molecule has 0 spiro atoms. The molecule has 26 heavy (non-hydrogen) atoms. The van der Waals surface area contributed by atoms with Gasteiger partial charge in [0.15, 0.2) is 5.69 Å². The van der Waals surface area contributed by atoms with Gasteiger partial charge >= 0.3 is 5.69 Å². The molecule has 0 aliphatic heterocycles. The Hall–Kier alpha value is -3.34. The number of aromatic nitrogens is 3. The molecule has 0 aliphatic rings. The van der Waals surface area contributed by atoms with E-state index < -0.39 is 29.0 Å². The summed E-state index contributed by atoms with van der Waals surface area (Å²) in [4.78, 5) is 47.3. The van der Waals surface area contributed by atoms with E-state index >= 15 is 0 Å². The molecule has 0 unspecified atom stereocenters. The zero-order valence-electron chi connectivity index (χ0n) is 13.6. The summed E-state index contributed by atoms with van der Waals surface area (Å²) in [5.74, 6) is -2.06. The van der Waals surface area contributed by atoms with Crippen LogP contribution in [-0.4, -0.2) is 25.3 Å². The van der Waals surface area contributed by atoms with Gasteiger partial charge in [-0.05, 0) is 29.7 Å². The SMILES string of the molecule is CC(=O)NNC(=O)c1nsc2ccc(-n3c(=O)cc(F)n(C)c3=O)cc12. The second-order valence-corrected chi connectivity index (χ2v) is 6.13. The fourth-order valence-electron chi connectivity index (χ4n) is 2.27. The Morgan fingerprint density at radius 1 is 1.19 bits per heavy atom. The molecule has 2 heterocycles. The zero-order chi connectivity index (χ0) is 19.0. The summed E-state index contributed by atoms with van der Waals surface area (Å²) in [5.41, 5.74) is 2.84. The van der Waals surface area contributed by atoms with Crippen molar-refractivity contribution in [2.45, 2.75) is 6.92 Å². The van der Waals surface area contributed by atoms with Crippen LogP contribution in [0.3, 0.4) is 0 Å². The van der Waals surface area contributed by atoms with Crippen molar-refractivity contribution in [2.24, 2.45) is 7.05 Å². The number of fused-ring (bicyclic) bond motifs is 1. The molecule has 9 nitrogen and oxygen atoms in total. The molecule has 134 valence electrons. The van der Waals surface area contributed by atoms with Crippen LogP contribution < -0.4 is 22.1 Å². The average Bonchev–Trinajstić information content (AvgIpc) is 3.01. The van der Waals surface area contributed by atoms with Gasteiger partial charge in [-0.1, -0.05) is 0 Å². The third kappa shape index (κ3) is 2.99. The van der Waals surface area contributed by atoms with Gasteiger partial charge in [-0.3, -0.25) is 29.8 Å².